The summed E-state index contributed by atoms with van der Waals surface area (Å²) in [7, 11) is 1.68. The van der Waals surface area contributed by atoms with Crippen LogP contribution in [0.15, 0.2) is 0 Å². The van der Waals surface area contributed by atoms with Crippen LogP contribution in [0.2, 0.25) is 0 Å². The van der Waals surface area contributed by atoms with Gasteiger partial charge in [-0.3, -0.25) is 0 Å². The van der Waals surface area contributed by atoms with Crippen LogP contribution in [0, 0.1) is 5.92 Å². The number of amides is 1. The number of ether oxygens (including phenoxy) is 2. The van der Waals surface area contributed by atoms with E-state index >= 15 is 0 Å². The molecule has 0 fully saturated rings. The van der Waals surface area contributed by atoms with Crippen molar-refractivity contribution >= 4 is 6.09 Å². The fourth-order valence-corrected chi connectivity index (χ4v) is 1.66. The average molecular weight is 274 g/mol. The molecule has 0 radical (unpaired) electrons. The Kier molecular flexibility index (Phi) is 8.02. The van der Waals surface area contributed by atoms with Crippen molar-refractivity contribution in [3.8, 4) is 0 Å². The van der Waals surface area contributed by atoms with E-state index in [2.05, 4.69) is 31.4 Å². The van der Waals surface area contributed by atoms with E-state index in [-0.39, 0.29) is 18.2 Å². The van der Waals surface area contributed by atoms with Gasteiger partial charge in [-0.05, 0) is 33.6 Å². The summed E-state index contributed by atoms with van der Waals surface area (Å²) in [6, 6.07) is 0.440. The van der Waals surface area contributed by atoms with E-state index in [4.69, 9.17) is 9.47 Å². The molecule has 2 unspecified atom stereocenters. The van der Waals surface area contributed by atoms with Gasteiger partial charge in [-0.2, -0.15) is 0 Å². The van der Waals surface area contributed by atoms with Crippen LogP contribution in [-0.2, 0) is 9.47 Å². The van der Waals surface area contributed by atoms with Crippen LogP contribution >= 0.6 is 0 Å². The maximum absolute atomic E-state index is 11.6. The fraction of sp³-hybridized carbons (Fsp3) is 0.929. The van der Waals surface area contributed by atoms with Gasteiger partial charge in [-0.25, -0.2) is 4.79 Å². The topological polar surface area (TPSA) is 59.6 Å². The first-order chi connectivity index (χ1) is 8.65. The first kappa shape index (κ1) is 18.2. The number of rotatable bonds is 7. The fourth-order valence-electron chi connectivity index (χ4n) is 1.66. The highest BCUT2D eigenvalue weighted by Gasteiger charge is 2.20. The summed E-state index contributed by atoms with van der Waals surface area (Å²) in [6.45, 7) is 13.0. The lowest BCUT2D eigenvalue weighted by atomic mass is 10.0. The molecule has 0 saturated carbocycles. The van der Waals surface area contributed by atoms with Gasteiger partial charge in [0.05, 0.1) is 6.61 Å². The van der Waals surface area contributed by atoms with Crippen molar-refractivity contribution in [3.05, 3.63) is 0 Å². The summed E-state index contributed by atoms with van der Waals surface area (Å²) < 4.78 is 10.3. The Bertz CT molecular complexity index is 262. The number of carbonyl (C=O) groups excluding carboxylic acids is 1. The van der Waals surface area contributed by atoms with Crippen LogP contribution < -0.4 is 10.6 Å². The number of nitrogens with one attached hydrogen (secondary N) is 2. The Labute approximate surface area is 117 Å². The van der Waals surface area contributed by atoms with Gasteiger partial charge < -0.3 is 20.1 Å². The Morgan fingerprint density at radius 1 is 1.21 bits per heavy atom. The maximum Gasteiger partial charge on any atom is 0.407 e. The summed E-state index contributed by atoms with van der Waals surface area (Å²) in [5.41, 5.74) is -0.464. The second-order valence-electron chi connectivity index (χ2n) is 6.26. The van der Waals surface area contributed by atoms with E-state index in [1.807, 2.05) is 20.8 Å². The molecule has 0 bridgehead atoms. The minimum Gasteiger partial charge on any atom is -0.444 e. The van der Waals surface area contributed by atoms with Crippen LogP contribution in [0.25, 0.3) is 0 Å². The van der Waals surface area contributed by atoms with Crippen LogP contribution in [0.3, 0.4) is 0 Å². The Hall–Kier alpha value is -0.810. The van der Waals surface area contributed by atoms with E-state index in [1.165, 1.54) is 0 Å². The zero-order chi connectivity index (χ0) is 15.1. The van der Waals surface area contributed by atoms with E-state index < -0.39 is 5.60 Å². The number of hydrogen-bond donors (Lipinski definition) is 2. The molecule has 5 nitrogen and oxygen atoms in total. The van der Waals surface area contributed by atoms with Gasteiger partial charge in [0.15, 0.2) is 0 Å². The largest absolute Gasteiger partial charge is 0.444 e. The summed E-state index contributed by atoms with van der Waals surface area (Å²) in [4.78, 5) is 11.6. The molecular weight excluding hydrogens is 244 g/mol. The van der Waals surface area contributed by atoms with Crippen molar-refractivity contribution in [2.45, 2.75) is 59.2 Å². The lowest BCUT2D eigenvalue weighted by molar-refractivity contribution is 0.0517. The van der Waals surface area contributed by atoms with E-state index in [9.17, 15) is 4.79 Å². The van der Waals surface area contributed by atoms with Crippen molar-refractivity contribution in [1.29, 1.82) is 0 Å². The van der Waals surface area contributed by atoms with Gasteiger partial charge >= 0.3 is 6.09 Å². The van der Waals surface area contributed by atoms with Gasteiger partial charge in [0.2, 0.25) is 0 Å². The van der Waals surface area contributed by atoms with Crippen LogP contribution in [0.5, 0.6) is 0 Å². The highest BCUT2D eigenvalue weighted by Crippen LogP contribution is 2.07. The molecule has 114 valence electrons. The van der Waals surface area contributed by atoms with Gasteiger partial charge in [0, 0.05) is 25.7 Å². The normalized spacial score (nSPS) is 15.2. The molecule has 0 aliphatic carbocycles. The molecule has 1 amide bonds. The molecule has 0 aromatic rings. The summed E-state index contributed by atoms with van der Waals surface area (Å²) in [5, 5.41) is 6.24. The third kappa shape index (κ3) is 9.73. The van der Waals surface area contributed by atoms with Gasteiger partial charge in [0.1, 0.15) is 5.60 Å². The molecule has 19 heavy (non-hydrogen) atoms. The molecule has 0 aromatic heterocycles. The third-order valence-electron chi connectivity index (χ3n) is 2.59. The standard InChI is InChI=1S/C14H30N2O3/c1-10(2)12(16-11(3)9-18-7)8-15-13(17)19-14(4,5)6/h10-12,16H,8-9H2,1-7H3,(H,15,17). The van der Waals surface area contributed by atoms with Gasteiger partial charge in [0.25, 0.3) is 0 Å². The molecule has 0 aliphatic rings. The highest BCUT2D eigenvalue weighted by atomic mass is 16.6. The molecule has 5 heteroatoms. The Balaban J connectivity index is 4.18. The third-order valence-corrected chi connectivity index (χ3v) is 2.59. The molecule has 0 saturated heterocycles. The molecule has 2 N–H and O–H groups in total. The number of hydrogen-bond acceptors (Lipinski definition) is 4. The number of alkyl carbamates (subject to hydrolysis) is 1. The predicted octanol–water partition coefficient (Wildman–Crippen LogP) is 2.16. The second-order valence-corrected chi connectivity index (χ2v) is 6.26. The Morgan fingerprint density at radius 3 is 2.21 bits per heavy atom. The number of methoxy groups -OCH3 is 1. The maximum atomic E-state index is 11.6. The molecular formula is C14H30N2O3. The highest BCUT2D eigenvalue weighted by molar-refractivity contribution is 5.67. The van der Waals surface area contributed by atoms with Crippen molar-refractivity contribution in [2.75, 3.05) is 20.3 Å². The monoisotopic (exact) mass is 274 g/mol. The molecule has 2 atom stereocenters. The lowest BCUT2D eigenvalue weighted by Crippen LogP contribution is -2.49. The lowest BCUT2D eigenvalue weighted by Gasteiger charge is -2.27. The molecule has 0 aromatic carbocycles. The second kappa shape index (κ2) is 8.38. The SMILES string of the molecule is COCC(C)NC(CNC(=O)OC(C)(C)C)C(C)C. The summed E-state index contributed by atoms with van der Waals surface area (Å²) in [6.07, 6.45) is -0.376. The van der Waals surface area contributed by atoms with E-state index in [0.29, 0.717) is 19.1 Å². The van der Waals surface area contributed by atoms with Crippen LogP contribution in [-0.4, -0.2) is 44.0 Å². The van der Waals surface area contributed by atoms with Crippen LogP contribution in [0.1, 0.15) is 41.5 Å². The van der Waals surface area contributed by atoms with Gasteiger partial charge in [-0.15, -0.1) is 0 Å². The van der Waals surface area contributed by atoms with E-state index in [1.54, 1.807) is 7.11 Å². The molecule has 0 rings (SSSR count). The molecule has 0 heterocycles. The zero-order valence-electron chi connectivity index (χ0n) is 13.4. The molecule has 0 spiro atoms. The average Bonchev–Trinajstić information content (AvgIpc) is 2.21. The number of carbonyl (C=O) groups is 1. The summed E-state index contributed by atoms with van der Waals surface area (Å²) in [5.74, 6) is 0.411. The Morgan fingerprint density at radius 2 is 1.79 bits per heavy atom. The molecule has 0 aliphatic heterocycles. The van der Waals surface area contributed by atoms with Gasteiger partial charge in [-0.1, -0.05) is 13.8 Å². The van der Waals surface area contributed by atoms with Crippen molar-refractivity contribution in [2.24, 2.45) is 5.92 Å². The smallest absolute Gasteiger partial charge is 0.407 e. The van der Waals surface area contributed by atoms with Crippen molar-refractivity contribution in [3.63, 3.8) is 0 Å². The first-order valence-corrected chi connectivity index (χ1v) is 6.87. The van der Waals surface area contributed by atoms with E-state index in [0.717, 1.165) is 0 Å². The minimum atomic E-state index is -0.464. The van der Waals surface area contributed by atoms with Crippen molar-refractivity contribution in [1.82, 2.24) is 10.6 Å². The zero-order valence-corrected chi connectivity index (χ0v) is 13.4. The van der Waals surface area contributed by atoms with Crippen molar-refractivity contribution < 1.29 is 14.3 Å². The summed E-state index contributed by atoms with van der Waals surface area (Å²) >= 11 is 0. The minimum absolute atomic E-state index is 0.192. The quantitative estimate of drug-likeness (QED) is 0.747. The first-order valence-electron chi connectivity index (χ1n) is 6.87. The van der Waals surface area contributed by atoms with Crippen LogP contribution in [0.4, 0.5) is 4.79 Å². The predicted molar refractivity (Wildman–Crippen MR) is 77.3 cm³/mol.